The van der Waals surface area contributed by atoms with Gasteiger partial charge in [0.25, 0.3) is 0 Å². The molecule has 0 spiro atoms. The van der Waals surface area contributed by atoms with Crippen LogP contribution in [0, 0.1) is 0 Å². The number of aromatic nitrogens is 1. The second kappa shape index (κ2) is 4.95. The normalized spacial score (nSPS) is 24.4. The van der Waals surface area contributed by atoms with Crippen LogP contribution in [-0.4, -0.2) is 36.1 Å². The predicted octanol–water partition coefficient (Wildman–Crippen LogP) is 2.45. The number of nitrogens with zero attached hydrogens (tertiary/aromatic N) is 2. The van der Waals surface area contributed by atoms with E-state index in [1.165, 1.54) is 17.9 Å². The summed E-state index contributed by atoms with van der Waals surface area (Å²) in [5.74, 6) is 1.20. The molecule has 0 aromatic carbocycles. The highest BCUT2D eigenvalue weighted by molar-refractivity contribution is 8.00. The van der Waals surface area contributed by atoms with Gasteiger partial charge in [0.1, 0.15) is 0 Å². The van der Waals surface area contributed by atoms with E-state index in [4.69, 9.17) is 0 Å². The molecular weight excluding hydrogens is 218 g/mol. The number of pyridine rings is 1. The molecule has 2 heterocycles. The van der Waals surface area contributed by atoms with Crippen molar-refractivity contribution < 1.29 is 0 Å². The molecule has 4 heteroatoms. The van der Waals surface area contributed by atoms with Gasteiger partial charge in [-0.3, -0.25) is 4.98 Å². The highest BCUT2D eigenvalue weighted by atomic mass is 32.2. The molecule has 1 aromatic rings. The van der Waals surface area contributed by atoms with E-state index in [1.54, 1.807) is 0 Å². The minimum absolute atomic E-state index is 0.586. The third kappa shape index (κ3) is 2.61. The number of anilines is 2. The molecule has 2 rings (SSSR count). The van der Waals surface area contributed by atoms with Crippen LogP contribution in [0.5, 0.6) is 0 Å². The van der Waals surface area contributed by atoms with E-state index in [1.807, 2.05) is 30.2 Å². The summed E-state index contributed by atoms with van der Waals surface area (Å²) in [5.41, 5.74) is 2.35. The predicted molar refractivity (Wildman–Crippen MR) is 72.5 cm³/mol. The fourth-order valence-corrected chi connectivity index (χ4v) is 3.17. The van der Waals surface area contributed by atoms with E-state index < -0.39 is 0 Å². The molecule has 0 radical (unpaired) electrons. The highest BCUT2D eigenvalue weighted by Crippen LogP contribution is 2.30. The van der Waals surface area contributed by atoms with Crippen molar-refractivity contribution >= 4 is 23.1 Å². The first kappa shape index (κ1) is 11.6. The molecule has 1 aliphatic heterocycles. The summed E-state index contributed by atoms with van der Waals surface area (Å²) in [6, 6.07) is 2.64. The minimum Gasteiger partial charge on any atom is -0.379 e. The van der Waals surface area contributed by atoms with Gasteiger partial charge in [-0.2, -0.15) is 11.8 Å². The fourth-order valence-electron chi connectivity index (χ4n) is 2.03. The second-order valence-corrected chi connectivity index (χ2v) is 5.98. The van der Waals surface area contributed by atoms with Crippen LogP contribution in [0.25, 0.3) is 0 Å². The Bertz CT molecular complexity index is 354. The van der Waals surface area contributed by atoms with Gasteiger partial charge in [0.2, 0.25) is 0 Å². The molecule has 0 aliphatic carbocycles. The molecule has 0 saturated carbocycles. The summed E-state index contributed by atoms with van der Waals surface area (Å²) >= 11 is 2.04. The molecule has 2 unspecified atom stereocenters. The first-order valence-electron chi connectivity index (χ1n) is 5.66. The SMILES string of the molecule is CC1CC(Nc2cnccc2N(C)C)CS1. The zero-order chi connectivity index (χ0) is 11.5. The zero-order valence-electron chi connectivity index (χ0n) is 10.1. The van der Waals surface area contributed by atoms with Crippen molar-refractivity contribution in [3.05, 3.63) is 18.5 Å². The average molecular weight is 237 g/mol. The van der Waals surface area contributed by atoms with Crippen LogP contribution < -0.4 is 10.2 Å². The van der Waals surface area contributed by atoms with Crippen molar-refractivity contribution in [3.8, 4) is 0 Å². The fraction of sp³-hybridized carbons (Fsp3) is 0.583. The first-order chi connectivity index (χ1) is 7.66. The summed E-state index contributed by atoms with van der Waals surface area (Å²) in [6.07, 6.45) is 5.00. The molecule has 0 amide bonds. The van der Waals surface area contributed by atoms with Gasteiger partial charge in [-0.05, 0) is 12.5 Å². The summed E-state index contributed by atoms with van der Waals surface area (Å²) < 4.78 is 0. The third-order valence-electron chi connectivity index (χ3n) is 2.84. The van der Waals surface area contributed by atoms with Crippen LogP contribution >= 0.6 is 11.8 Å². The Labute approximate surface area is 102 Å². The van der Waals surface area contributed by atoms with Crippen LogP contribution in [0.15, 0.2) is 18.5 Å². The molecule has 1 saturated heterocycles. The van der Waals surface area contributed by atoms with Crippen LogP contribution in [0.1, 0.15) is 13.3 Å². The molecule has 3 nitrogen and oxygen atoms in total. The van der Waals surface area contributed by atoms with E-state index in [2.05, 4.69) is 36.2 Å². The molecule has 88 valence electrons. The molecule has 1 aromatic heterocycles. The van der Waals surface area contributed by atoms with Crippen molar-refractivity contribution in [1.82, 2.24) is 4.98 Å². The summed E-state index contributed by atoms with van der Waals surface area (Å²) in [5, 5.41) is 4.37. The Morgan fingerprint density at radius 2 is 2.31 bits per heavy atom. The van der Waals surface area contributed by atoms with Gasteiger partial charge in [0.15, 0.2) is 0 Å². The van der Waals surface area contributed by atoms with E-state index in [9.17, 15) is 0 Å². The largest absolute Gasteiger partial charge is 0.379 e. The van der Waals surface area contributed by atoms with Crippen LogP contribution in [-0.2, 0) is 0 Å². The minimum atomic E-state index is 0.586. The zero-order valence-corrected chi connectivity index (χ0v) is 10.9. The van der Waals surface area contributed by atoms with Crippen molar-refractivity contribution in [3.63, 3.8) is 0 Å². The summed E-state index contributed by atoms with van der Waals surface area (Å²) in [7, 11) is 4.12. The second-order valence-electron chi connectivity index (χ2n) is 4.51. The van der Waals surface area contributed by atoms with Gasteiger partial charge in [0, 0.05) is 37.3 Å². The van der Waals surface area contributed by atoms with Crippen molar-refractivity contribution in [1.29, 1.82) is 0 Å². The number of thioether (sulfide) groups is 1. The molecule has 1 N–H and O–H groups in total. The van der Waals surface area contributed by atoms with Gasteiger partial charge >= 0.3 is 0 Å². The molecular formula is C12H19N3S. The Hall–Kier alpha value is -0.900. The van der Waals surface area contributed by atoms with Gasteiger partial charge < -0.3 is 10.2 Å². The van der Waals surface area contributed by atoms with Gasteiger partial charge in [-0.15, -0.1) is 0 Å². The lowest BCUT2D eigenvalue weighted by molar-refractivity contribution is 0.746. The van der Waals surface area contributed by atoms with E-state index in [0.717, 1.165) is 10.9 Å². The van der Waals surface area contributed by atoms with Crippen LogP contribution in [0.3, 0.4) is 0 Å². The van der Waals surface area contributed by atoms with Crippen LogP contribution in [0.2, 0.25) is 0 Å². The summed E-state index contributed by atoms with van der Waals surface area (Å²) in [6.45, 7) is 2.29. The molecule has 0 bridgehead atoms. The molecule has 1 fully saturated rings. The monoisotopic (exact) mass is 237 g/mol. The molecule has 1 aliphatic rings. The molecule has 16 heavy (non-hydrogen) atoms. The van der Waals surface area contributed by atoms with E-state index >= 15 is 0 Å². The van der Waals surface area contributed by atoms with Crippen molar-refractivity contribution in [2.45, 2.75) is 24.6 Å². The summed E-state index contributed by atoms with van der Waals surface area (Å²) in [4.78, 5) is 6.31. The quantitative estimate of drug-likeness (QED) is 0.874. The lowest BCUT2D eigenvalue weighted by Crippen LogP contribution is -2.21. The standard InChI is InChI=1S/C12H19N3S/c1-9-6-10(8-16-9)14-11-7-13-5-4-12(11)15(2)3/h4-5,7,9-10,14H,6,8H2,1-3H3. The number of hydrogen-bond donors (Lipinski definition) is 1. The number of rotatable bonds is 3. The third-order valence-corrected chi connectivity index (χ3v) is 4.19. The van der Waals surface area contributed by atoms with Gasteiger partial charge in [-0.1, -0.05) is 6.92 Å². The Morgan fingerprint density at radius 1 is 1.50 bits per heavy atom. The van der Waals surface area contributed by atoms with Crippen molar-refractivity contribution in [2.75, 3.05) is 30.1 Å². The Balaban J connectivity index is 2.09. The topological polar surface area (TPSA) is 28.2 Å². The van der Waals surface area contributed by atoms with Crippen LogP contribution in [0.4, 0.5) is 11.4 Å². The maximum Gasteiger partial charge on any atom is 0.0766 e. The highest BCUT2D eigenvalue weighted by Gasteiger charge is 2.22. The van der Waals surface area contributed by atoms with E-state index in [-0.39, 0.29) is 0 Å². The van der Waals surface area contributed by atoms with Crippen molar-refractivity contribution in [2.24, 2.45) is 0 Å². The smallest absolute Gasteiger partial charge is 0.0766 e. The maximum atomic E-state index is 4.19. The van der Waals surface area contributed by atoms with Gasteiger partial charge in [-0.25, -0.2) is 0 Å². The lowest BCUT2D eigenvalue weighted by atomic mass is 10.2. The Morgan fingerprint density at radius 3 is 2.94 bits per heavy atom. The number of nitrogens with one attached hydrogen (secondary N) is 1. The Kier molecular flexibility index (Phi) is 3.59. The number of hydrogen-bond acceptors (Lipinski definition) is 4. The van der Waals surface area contributed by atoms with Gasteiger partial charge in [0.05, 0.1) is 17.6 Å². The van der Waals surface area contributed by atoms with E-state index in [0.29, 0.717) is 6.04 Å². The first-order valence-corrected chi connectivity index (χ1v) is 6.71. The average Bonchev–Trinajstić information content (AvgIpc) is 2.64. The molecule has 2 atom stereocenters. The maximum absolute atomic E-state index is 4.19. The lowest BCUT2D eigenvalue weighted by Gasteiger charge is -2.20.